The molecular formula is C13H17N3O5. The van der Waals surface area contributed by atoms with Gasteiger partial charge >= 0.3 is 0 Å². The van der Waals surface area contributed by atoms with E-state index < -0.39 is 12.2 Å². The lowest BCUT2D eigenvalue weighted by molar-refractivity contribution is -0.146. The van der Waals surface area contributed by atoms with Gasteiger partial charge < -0.3 is 14.8 Å². The van der Waals surface area contributed by atoms with Gasteiger partial charge in [0.1, 0.15) is 0 Å². The number of aliphatic imine (C=N–C) groups is 2. The molecule has 0 saturated carbocycles. The Balaban J connectivity index is 4.20. The van der Waals surface area contributed by atoms with Crippen molar-refractivity contribution in [1.29, 1.82) is 0 Å². The molecule has 0 aromatic carbocycles. The quantitative estimate of drug-likeness (QED) is 0.180. The molecule has 1 N–H and O–H groups in total. The summed E-state index contributed by atoms with van der Waals surface area (Å²) in [6.07, 6.45) is 7.19. The van der Waals surface area contributed by atoms with Crippen LogP contribution in [0.3, 0.4) is 0 Å². The van der Waals surface area contributed by atoms with E-state index in [0.717, 1.165) is 0 Å². The summed E-state index contributed by atoms with van der Waals surface area (Å²) < 4.78 is 10.5. The van der Waals surface area contributed by atoms with Crippen molar-refractivity contribution in [3.63, 3.8) is 0 Å². The van der Waals surface area contributed by atoms with Gasteiger partial charge in [-0.3, -0.25) is 4.79 Å². The maximum absolute atomic E-state index is 11.7. The van der Waals surface area contributed by atoms with Gasteiger partial charge in [-0.1, -0.05) is 5.92 Å². The number of nitrogens with zero attached hydrogens (tertiary/aromatic N) is 2. The first-order valence-electron chi connectivity index (χ1n) is 6.17. The third kappa shape index (κ3) is 10.2. The fraction of sp³-hybridized carbons (Fsp3) is 0.615. The van der Waals surface area contributed by atoms with Gasteiger partial charge in [-0.15, -0.1) is 6.42 Å². The molecule has 0 heterocycles. The Morgan fingerprint density at radius 1 is 1.29 bits per heavy atom. The van der Waals surface area contributed by atoms with E-state index in [1.165, 1.54) is 12.2 Å². The molecule has 114 valence electrons. The van der Waals surface area contributed by atoms with Crippen molar-refractivity contribution in [3.05, 3.63) is 0 Å². The first-order valence-corrected chi connectivity index (χ1v) is 6.17. The second-order valence-electron chi connectivity index (χ2n) is 3.80. The number of hydrogen-bond donors (Lipinski definition) is 1. The zero-order valence-corrected chi connectivity index (χ0v) is 11.7. The Kier molecular flexibility index (Phi) is 11.3. The van der Waals surface area contributed by atoms with Crippen LogP contribution in [0.1, 0.15) is 6.92 Å². The van der Waals surface area contributed by atoms with Crippen molar-refractivity contribution < 1.29 is 23.9 Å². The average Bonchev–Trinajstić information content (AvgIpc) is 2.49. The molecule has 0 aliphatic rings. The molecule has 2 atom stereocenters. The van der Waals surface area contributed by atoms with E-state index >= 15 is 0 Å². The summed E-state index contributed by atoms with van der Waals surface area (Å²) in [6.45, 7) is 2.03. The van der Waals surface area contributed by atoms with Crippen molar-refractivity contribution >= 4 is 18.1 Å². The predicted octanol–water partition coefficient (Wildman–Crippen LogP) is -0.597. The number of isocyanates is 2. The molecule has 1 amide bonds. The highest BCUT2D eigenvalue weighted by atomic mass is 16.7. The van der Waals surface area contributed by atoms with E-state index in [2.05, 4.69) is 21.2 Å². The first-order chi connectivity index (χ1) is 10.2. The number of nitrogens with one attached hydrogen (secondary N) is 1. The molecule has 0 spiro atoms. The summed E-state index contributed by atoms with van der Waals surface area (Å²) in [4.78, 5) is 38.4. The molecule has 0 bridgehead atoms. The fourth-order valence-corrected chi connectivity index (χ4v) is 1.25. The normalized spacial score (nSPS) is 12.2. The molecule has 0 aromatic heterocycles. The van der Waals surface area contributed by atoms with Crippen LogP contribution >= 0.6 is 0 Å². The number of carbonyl (C=O) groups excluding carboxylic acids is 3. The Bertz CT molecular complexity index is 447. The monoisotopic (exact) mass is 295 g/mol. The standard InChI is InChI=1S/C13H17N3O5/c1-3-4-16-13(19)12(7-15-10-18)8-21-11(2)20-6-5-14-9-17/h1,11-12H,4-8H2,2H3,(H,16,19). The van der Waals surface area contributed by atoms with Crippen molar-refractivity contribution in [2.24, 2.45) is 15.9 Å². The lowest BCUT2D eigenvalue weighted by Crippen LogP contribution is -2.36. The van der Waals surface area contributed by atoms with E-state index in [9.17, 15) is 14.4 Å². The third-order valence-corrected chi connectivity index (χ3v) is 2.26. The van der Waals surface area contributed by atoms with Crippen LogP contribution in [0, 0.1) is 18.3 Å². The smallest absolute Gasteiger partial charge is 0.235 e. The molecule has 2 unspecified atom stereocenters. The van der Waals surface area contributed by atoms with Crippen molar-refractivity contribution in [2.45, 2.75) is 13.2 Å². The Hall–Kier alpha value is -2.29. The Morgan fingerprint density at radius 2 is 2.00 bits per heavy atom. The maximum Gasteiger partial charge on any atom is 0.235 e. The first kappa shape index (κ1) is 18.7. The van der Waals surface area contributed by atoms with E-state index in [0.29, 0.717) is 0 Å². The van der Waals surface area contributed by atoms with Gasteiger partial charge in [0.15, 0.2) is 6.29 Å². The summed E-state index contributed by atoms with van der Waals surface area (Å²) >= 11 is 0. The fourth-order valence-electron chi connectivity index (χ4n) is 1.25. The second kappa shape index (κ2) is 12.7. The summed E-state index contributed by atoms with van der Waals surface area (Å²) in [6, 6.07) is 0. The van der Waals surface area contributed by atoms with E-state index in [-0.39, 0.29) is 38.8 Å². The van der Waals surface area contributed by atoms with Crippen LogP contribution in [0.5, 0.6) is 0 Å². The van der Waals surface area contributed by atoms with Crippen LogP contribution in [0.4, 0.5) is 0 Å². The highest BCUT2D eigenvalue weighted by molar-refractivity contribution is 5.79. The molecule has 0 radical (unpaired) electrons. The molecule has 0 aromatic rings. The van der Waals surface area contributed by atoms with Gasteiger partial charge in [0, 0.05) is 0 Å². The average molecular weight is 295 g/mol. The molecular weight excluding hydrogens is 278 g/mol. The van der Waals surface area contributed by atoms with Crippen LogP contribution in [-0.4, -0.2) is 57.2 Å². The molecule has 0 aliphatic carbocycles. The molecule has 8 nitrogen and oxygen atoms in total. The third-order valence-electron chi connectivity index (χ3n) is 2.26. The van der Waals surface area contributed by atoms with Crippen LogP contribution < -0.4 is 5.32 Å². The summed E-state index contributed by atoms with van der Waals surface area (Å²) in [5.74, 6) is 1.23. The summed E-state index contributed by atoms with van der Waals surface area (Å²) in [5, 5.41) is 2.48. The highest BCUT2D eigenvalue weighted by Crippen LogP contribution is 2.03. The summed E-state index contributed by atoms with van der Waals surface area (Å²) in [5.41, 5.74) is 0. The number of amides is 1. The molecule has 8 heteroatoms. The number of terminal acetylenes is 1. The minimum absolute atomic E-state index is 0.000298. The van der Waals surface area contributed by atoms with Gasteiger partial charge in [-0.05, 0) is 6.92 Å². The lowest BCUT2D eigenvalue weighted by atomic mass is 10.1. The van der Waals surface area contributed by atoms with Gasteiger partial charge in [-0.2, -0.15) is 0 Å². The molecule has 0 aliphatic heterocycles. The van der Waals surface area contributed by atoms with E-state index in [1.807, 2.05) is 0 Å². The van der Waals surface area contributed by atoms with E-state index in [4.69, 9.17) is 15.9 Å². The largest absolute Gasteiger partial charge is 0.352 e. The topological polar surface area (TPSA) is 106 Å². The van der Waals surface area contributed by atoms with Gasteiger partial charge in [0.05, 0.1) is 38.8 Å². The number of carbonyl (C=O) groups is 1. The van der Waals surface area contributed by atoms with Crippen LogP contribution in [0.25, 0.3) is 0 Å². The van der Waals surface area contributed by atoms with Crippen molar-refractivity contribution in [3.8, 4) is 12.3 Å². The van der Waals surface area contributed by atoms with Crippen LogP contribution in [-0.2, 0) is 23.9 Å². The van der Waals surface area contributed by atoms with Crippen molar-refractivity contribution in [1.82, 2.24) is 5.32 Å². The molecule has 21 heavy (non-hydrogen) atoms. The lowest BCUT2D eigenvalue weighted by Gasteiger charge is -2.18. The minimum atomic E-state index is -0.668. The van der Waals surface area contributed by atoms with Crippen molar-refractivity contribution in [2.75, 3.05) is 32.8 Å². The number of ether oxygens (including phenoxy) is 2. The van der Waals surface area contributed by atoms with Gasteiger partial charge in [-0.25, -0.2) is 19.6 Å². The number of hydrogen-bond acceptors (Lipinski definition) is 7. The molecule has 0 rings (SSSR count). The number of rotatable bonds is 11. The minimum Gasteiger partial charge on any atom is -0.352 e. The molecule has 0 fully saturated rings. The highest BCUT2D eigenvalue weighted by Gasteiger charge is 2.19. The van der Waals surface area contributed by atoms with Crippen LogP contribution in [0.15, 0.2) is 9.98 Å². The van der Waals surface area contributed by atoms with Gasteiger partial charge in [0.25, 0.3) is 0 Å². The SMILES string of the molecule is C#CCNC(=O)C(CN=C=O)COC(C)OCCN=C=O. The Labute approximate surface area is 122 Å². The predicted molar refractivity (Wildman–Crippen MR) is 72.7 cm³/mol. The zero-order chi connectivity index (χ0) is 15.9. The van der Waals surface area contributed by atoms with Gasteiger partial charge in [0.2, 0.25) is 18.1 Å². The maximum atomic E-state index is 11.7. The zero-order valence-electron chi connectivity index (χ0n) is 11.7. The van der Waals surface area contributed by atoms with E-state index in [1.54, 1.807) is 6.92 Å². The second-order valence-corrected chi connectivity index (χ2v) is 3.80. The Morgan fingerprint density at radius 3 is 2.62 bits per heavy atom. The molecule has 0 saturated heterocycles. The summed E-state index contributed by atoms with van der Waals surface area (Å²) in [7, 11) is 0. The van der Waals surface area contributed by atoms with Crippen LogP contribution in [0.2, 0.25) is 0 Å².